The number of nitrogens with one attached hydrogen (secondary N) is 1. The summed E-state index contributed by atoms with van der Waals surface area (Å²) >= 11 is 0. The second-order valence-electron chi connectivity index (χ2n) is 5.08. The Morgan fingerprint density at radius 3 is 2.62 bits per heavy atom. The summed E-state index contributed by atoms with van der Waals surface area (Å²) in [5, 5.41) is 2.83. The van der Waals surface area contributed by atoms with Crippen molar-refractivity contribution in [3.8, 4) is 11.5 Å². The van der Waals surface area contributed by atoms with Gasteiger partial charge in [0.1, 0.15) is 11.5 Å². The first-order chi connectivity index (χ1) is 11.5. The van der Waals surface area contributed by atoms with E-state index in [1.165, 1.54) is 12.1 Å². The maximum Gasteiger partial charge on any atom is 0.387 e. The fraction of sp³-hybridized carbons (Fsp3) is 0.278. The Labute approximate surface area is 139 Å². The molecule has 0 fully saturated rings. The van der Waals surface area contributed by atoms with Gasteiger partial charge in [0.2, 0.25) is 0 Å². The third kappa shape index (κ3) is 4.68. The van der Waals surface area contributed by atoms with Crippen molar-refractivity contribution < 1.29 is 23.0 Å². The smallest absolute Gasteiger partial charge is 0.387 e. The minimum atomic E-state index is -2.89. The summed E-state index contributed by atoms with van der Waals surface area (Å²) in [5.74, 6) is 0.254. The normalized spacial score (nSPS) is 11.9. The van der Waals surface area contributed by atoms with Crippen molar-refractivity contribution in [1.82, 2.24) is 5.32 Å². The minimum absolute atomic E-state index is 0.0540. The Kier molecular flexibility index (Phi) is 6.12. The van der Waals surface area contributed by atoms with Crippen LogP contribution in [0.4, 0.5) is 8.78 Å². The summed E-state index contributed by atoms with van der Waals surface area (Å²) in [6.07, 6.45) is 0. The van der Waals surface area contributed by atoms with Crippen LogP contribution in [0.2, 0.25) is 0 Å². The highest BCUT2D eigenvalue weighted by atomic mass is 19.3. The van der Waals surface area contributed by atoms with Gasteiger partial charge in [-0.2, -0.15) is 8.78 Å². The lowest BCUT2D eigenvalue weighted by Crippen LogP contribution is -2.27. The van der Waals surface area contributed by atoms with Crippen molar-refractivity contribution in [3.05, 3.63) is 59.7 Å². The largest absolute Gasteiger partial charge is 0.493 e. The van der Waals surface area contributed by atoms with Gasteiger partial charge in [0, 0.05) is 0 Å². The minimum Gasteiger partial charge on any atom is -0.493 e. The van der Waals surface area contributed by atoms with Crippen LogP contribution in [0.25, 0.3) is 0 Å². The molecule has 24 heavy (non-hydrogen) atoms. The van der Waals surface area contributed by atoms with E-state index in [9.17, 15) is 13.6 Å². The number of ether oxygens (including phenoxy) is 2. The van der Waals surface area contributed by atoms with Crippen LogP contribution in [0.3, 0.4) is 0 Å². The highest BCUT2D eigenvalue weighted by Crippen LogP contribution is 2.23. The zero-order chi connectivity index (χ0) is 17.5. The molecule has 1 unspecified atom stereocenters. The van der Waals surface area contributed by atoms with Crippen molar-refractivity contribution in [2.75, 3.05) is 6.61 Å². The molecule has 0 saturated heterocycles. The van der Waals surface area contributed by atoms with E-state index in [0.29, 0.717) is 23.5 Å². The predicted octanol–water partition coefficient (Wildman–Crippen LogP) is 4.18. The molecule has 6 heteroatoms. The molecule has 1 amide bonds. The molecule has 0 aliphatic rings. The SMILES string of the molecule is CCOc1ccccc1C(=O)NC(C)c1cccc(OC(F)F)c1. The van der Waals surface area contributed by atoms with Crippen molar-refractivity contribution in [1.29, 1.82) is 0 Å². The molecule has 4 nitrogen and oxygen atoms in total. The molecular formula is C18H19F2NO3. The first-order valence-electron chi connectivity index (χ1n) is 7.58. The quantitative estimate of drug-likeness (QED) is 0.826. The monoisotopic (exact) mass is 335 g/mol. The Morgan fingerprint density at radius 2 is 1.92 bits per heavy atom. The number of alkyl halides is 2. The van der Waals surface area contributed by atoms with E-state index in [0.717, 1.165) is 0 Å². The van der Waals surface area contributed by atoms with E-state index in [-0.39, 0.29) is 17.7 Å². The molecule has 128 valence electrons. The maximum atomic E-state index is 12.4. The van der Waals surface area contributed by atoms with E-state index in [4.69, 9.17) is 4.74 Å². The van der Waals surface area contributed by atoms with E-state index < -0.39 is 6.61 Å². The Hall–Kier alpha value is -2.63. The van der Waals surface area contributed by atoms with Gasteiger partial charge >= 0.3 is 6.61 Å². The van der Waals surface area contributed by atoms with Crippen LogP contribution in [-0.4, -0.2) is 19.1 Å². The molecule has 2 aromatic rings. The first kappa shape index (κ1) is 17.7. The molecule has 1 N–H and O–H groups in total. The van der Waals surface area contributed by atoms with E-state index in [1.54, 1.807) is 43.3 Å². The van der Waals surface area contributed by atoms with Crippen LogP contribution >= 0.6 is 0 Å². The Morgan fingerprint density at radius 1 is 1.17 bits per heavy atom. The summed E-state index contributed by atoms with van der Waals surface area (Å²) in [5.41, 5.74) is 1.08. The number of rotatable bonds is 7. The molecule has 2 rings (SSSR count). The highest BCUT2D eigenvalue weighted by molar-refractivity contribution is 5.97. The van der Waals surface area contributed by atoms with E-state index in [2.05, 4.69) is 10.1 Å². The van der Waals surface area contributed by atoms with Crippen molar-refractivity contribution >= 4 is 5.91 Å². The molecule has 0 heterocycles. The number of amides is 1. The molecule has 0 spiro atoms. The predicted molar refractivity (Wildman–Crippen MR) is 86.6 cm³/mol. The number of benzene rings is 2. The zero-order valence-electron chi connectivity index (χ0n) is 13.5. The molecule has 2 aromatic carbocycles. The average molecular weight is 335 g/mol. The molecular weight excluding hydrogens is 316 g/mol. The molecule has 1 atom stereocenters. The zero-order valence-corrected chi connectivity index (χ0v) is 13.5. The molecule has 0 bridgehead atoms. The van der Waals surface area contributed by atoms with Crippen LogP contribution in [0.15, 0.2) is 48.5 Å². The van der Waals surface area contributed by atoms with Gasteiger partial charge in [0.25, 0.3) is 5.91 Å². The van der Waals surface area contributed by atoms with Gasteiger partial charge in [-0.3, -0.25) is 4.79 Å². The van der Waals surface area contributed by atoms with Crippen LogP contribution < -0.4 is 14.8 Å². The molecule has 0 saturated carbocycles. The second kappa shape index (κ2) is 8.29. The number of carbonyl (C=O) groups is 1. The third-order valence-electron chi connectivity index (χ3n) is 3.36. The van der Waals surface area contributed by atoms with Crippen LogP contribution in [0.1, 0.15) is 35.8 Å². The van der Waals surface area contributed by atoms with Crippen molar-refractivity contribution in [2.24, 2.45) is 0 Å². The summed E-state index contributed by atoms with van der Waals surface area (Å²) in [6, 6.07) is 12.8. The Bertz CT molecular complexity index is 691. The van der Waals surface area contributed by atoms with Crippen molar-refractivity contribution in [2.45, 2.75) is 26.5 Å². The number of hydrogen-bond acceptors (Lipinski definition) is 3. The number of hydrogen-bond donors (Lipinski definition) is 1. The highest BCUT2D eigenvalue weighted by Gasteiger charge is 2.16. The lowest BCUT2D eigenvalue weighted by atomic mass is 10.1. The molecule has 0 aliphatic heterocycles. The van der Waals surface area contributed by atoms with Gasteiger partial charge in [-0.25, -0.2) is 0 Å². The fourth-order valence-corrected chi connectivity index (χ4v) is 2.25. The summed E-state index contributed by atoms with van der Waals surface area (Å²) in [7, 11) is 0. The lowest BCUT2D eigenvalue weighted by molar-refractivity contribution is -0.0499. The van der Waals surface area contributed by atoms with E-state index >= 15 is 0 Å². The number of halogens is 2. The summed E-state index contributed by atoms with van der Waals surface area (Å²) in [6.45, 7) is 1.17. The van der Waals surface area contributed by atoms with Gasteiger partial charge in [0.05, 0.1) is 18.2 Å². The van der Waals surface area contributed by atoms with Gasteiger partial charge < -0.3 is 14.8 Å². The second-order valence-corrected chi connectivity index (χ2v) is 5.08. The van der Waals surface area contributed by atoms with Gasteiger partial charge in [0.15, 0.2) is 0 Å². The first-order valence-corrected chi connectivity index (χ1v) is 7.58. The third-order valence-corrected chi connectivity index (χ3v) is 3.36. The summed E-state index contributed by atoms with van der Waals surface area (Å²) in [4.78, 5) is 12.4. The Balaban J connectivity index is 2.12. The number of para-hydroxylation sites is 1. The molecule has 0 aromatic heterocycles. The van der Waals surface area contributed by atoms with E-state index in [1.807, 2.05) is 6.92 Å². The molecule has 0 aliphatic carbocycles. The van der Waals surface area contributed by atoms with Gasteiger partial charge in [-0.05, 0) is 43.7 Å². The number of carbonyl (C=O) groups excluding carboxylic acids is 1. The fourth-order valence-electron chi connectivity index (χ4n) is 2.25. The van der Waals surface area contributed by atoms with Crippen LogP contribution in [0.5, 0.6) is 11.5 Å². The standard InChI is InChI=1S/C18H19F2NO3/c1-3-23-16-10-5-4-9-15(16)17(22)21-12(2)13-7-6-8-14(11-13)24-18(19)20/h4-12,18H,3H2,1-2H3,(H,21,22). The van der Waals surface area contributed by atoms with Gasteiger partial charge in [-0.15, -0.1) is 0 Å². The summed E-state index contributed by atoms with van der Waals surface area (Å²) < 4.78 is 34.4. The van der Waals surface area contributed by atoms with Crippen molar-refractivity contribution in [3.63, 3.8) is 0 Å². The van der Waals surface area contributed by atoms with Gasteiger partial charge in [-0.1, -0.05) is 24.3 Å². The van der Waals surface area contributed by atoms with Crippen LogP contribution in [0, 0.1) is 0 Å². The lowest BCUT2D eigenvalue weighted by Gasteiger charge is -2.17. The maximum absolute atomic E-state index is 12.4. The topological polar surface area (TPSA) is 47.6 Å². The van der Waals surface area contributed by atoms with Crippen LogP contribution in [-0.2, 0) is 0 Å². The average Bonchev–Trinajstić information content (AvgIpc) is 2.55. The molecule has 0 radical (unpaired) electrons.